The Bertz CT molecular complexity index is 1580. The maximum atomic E-state index is 13.4. The molecule has 4 aromatic rings. The van der Waals surface area contributed by atoms with E-state index >= 15 is 0 Å². The number of aldehydes is 1. The molecule has 0 saturated carbocycles. The lowest BCUT2D eigenvalue weighted by molar-refractivity contribution is -0.113. The Balaban J connectivity index is 1.48. The first-order valence-corrected chi connectivity index (χ1v) is 11.6. The summed E-state index contributed by atoms with van der Waals surface area (Å²) in [5.74, 6) is 0.758. The molecule has 0 bridgehead atoms. The molecule has 1 aliphatic rings. The fourth-order valence-corrected chi connectivity index (χ4v) is 4.15. The molecule has 0 saturated heterocycles. The van der Waals surface area contributed by atoms with Crippen LogP contribution in [-0.4, -0.2) is 35.2 Å². The molecule has 2 aromatic heterocycles. The van der Waals surface area contributed by atoms with Crippen LogP contribution in [0.1, 0.15) is 28.9 Å². The third kappa shape index (κ3) is 5.00. The first-order chi connectivity index (χ1) is 17.9. The Hall–Kier alpha value is -4.70. The number of oxazole rings is 1. The van der Waals surface area contributed by atoms with Gasteiger partial charge in [-0.25, -0.2) is 9.98 Å². The Morgan fingerprint density at radius 3 is 2.81 bits per heavy atom. The quantitative estimate of drug-likeness (QED) is 0.314. The zero-order chi connectivity index (χ0) is 25.9. The van der Waals surface area contributed by atoms with Crippen molar-refractivity contribution in [2.45, 2.75) is 13.0 Å². The summed E-state index contributed by atoms with van der Waals surface area (Å²) in [6.45, 7) is 1.75. The minimum Gasteiger partial charge on any atom is -0.497 e. The smallest absolute Gasteiger partial charge is 0.302 e. The normalized spacial score (nSPS) is 15.1. The van der Waals surface area contributed by atoms with Crippen LogP contribution in [0.25, 0.3) is 11.1 Å². The lowest BCUT2D eigenvalue weighted by Crippen LogP contribution is -2.37. The highest BCUT2D eigenvalue weighted by atomic mass is 35.5. The van der Waals surface area contributed by atoms with E-state index in [9.17, 15) is 9.59 Å². The van der Waals surface area contributed by atoms with Gasteiger partial charge in [0.1, 0.15) is 29.4 Å². The molecule has 1 amide bonds. The van der Waals surface area contributed by atoms with Gasteiger partial charge in [0, 0.05) is 34.1 Å². The van der Waals surface area contributed by atoms with Gasteiger partial charge in [-0.3, -0.25) is 14.9 Å². The van der Waals surface area contributed by atoms with Crippen molar-refractivity contribution in [3.63, 3.8) is 0 Å². The number of anilines is 2. The molecule has 0 aliphatic carbocycles. The van der Waals surface area contributed by atoms with Crippen LogP contribution in [0.5, 0.6) is 5.75 Å². The van der Waals surface area contributed by atoms with E-state index in [1.54, 1.807) is 56.5 Å². The Morgan fingerprint density at radius 1 is 1.19 bits per heavy atom. The fraction of sp³-hybridized carbons (Fsp3) is 0.115. The molecular weight excluding hydrogens is 496 g/mol. The van der Waals surface area contributed by atoms with Crippen LogP contribution >= 0.6 is 11.6 Å². The molecule has 3 N–H and O–H groups in total. The SMILES string of the molecule is COc1ccc2nc(NC3=NC(c4ccccc4Cl)C(C(=O)Nc4cc(C=O)ccn4)=C(C)N3)oc2c1. The third-order valence-corrected chi connectivity index (χ3v) is 6.01. The van der Waals surface area contributed by atoms with E-state index in [-0.39, 0.29) is 11.8 Å². The number of carbonyl (C=O) groups is 2. The summed E-state index contributed by atoms with van der Waals surface area (Å²) in [6.07, 6.45) is 2.13. The molecule has 0 spiro atoms. The molecule has 11 heteroatoms. The summed E-state index contributed by atoms with van der Waals surface area (Å²) in [5, 5.41) is 9.34. The molecule has 1 aliphatic heterocycles. The second kappa shape index (κ2) is 10.1. The number of nitrogens with zero attached hydrogens (tertiary/aromatic N) is 3. The van der Waals surface area contributed by atoms with Gasteiger partial charge in [0.2, 0.25) is 5.96 Å². The number of hydrogen-bond donors (Lipinski definition) is 3. The number of nitrogens with one attached hydrogen (secondary N) is 3. The van der Waals surface area contributed by atoms with Crippen molar-refractivity contribution in [3.05, 3.63) is 88.2 Å². The van der Waals surface area contributed by atoms with Crippen molar-refractivity contribution in [2.24, 2.45) is 4.99 Å². The first-order valence-electron chi connectivity index (χ1n) is 11.2. The van der Waals surface area contributed by atoms with Crippen LogP contribution < -0.4 is 20.7 Å². The molecule has 3 heterocycles. The number of aromatic nitrogens is 2. The molecule has 0 radical (unpaired) electrons. The zero-order valence-corrected chi connectivity index (χ0v) is 20.5. The van der Waals surface area contributed by atoms with Crippen LogP contribution in [0.15, 0.2) is 81.5 Å². The number of methoxy groups -OCH3 is 1. The van der Waals surface area contributed by atoms with E-state index < -0.39 is 11.9 Å². The average Bonchev–Trinajstić information content (AvgIpc) is 3.30. The number of hydrogen-bond acceptors (Lipinski definition) is 9. The number of guanidine groups is 1. The van der Waals surface area contributed by atoms with E-state index in [0.29, 0.717) is 56.5 Å². The van der Waals surface area contributed by atoms with Gasteiger partial charge >= 0.3 is 6.01 Å². The van der Waals surface area contributed by atoms with Gasteiger partial charge in [-0.15, -0.1) is 0 Å². The van der Waals surface area contributed by atoms with E-state index in [1.165, 1.54) is 12.3 Å². The maximum absolute atomic E-state index is 13.4. The third-order valence-electron chi connectivity index (χ3n) is 5.67. The van der Waals surface area contributed by atoms with Gasteiger partial charge in [0.15, 0.2) is 5.58 Å². The van der Waals surface area contributed by atoms with Crippen LogP contribution in [0, 0.1) is 0 Å². The predicted molar refractivity (Wildman–Crippen MR) is 140 cm³/mol. The number of aliphatic imine (C=N–C) groups is 1. The van der Waals surface area contributed by atoms with Gasteiger partial charge in [-0.1, -0.05) is 29.8 Å². The molecule has 1 atom stereocenters. The number of ether oxygens (including phenoxy) is 1. The summed E-state index contributed by atoms with van der Waals surface area (Å²) in [7, 11) is 1.57. The van der Waals surface area contributed by atoms with E-state index in [4.69, 9.17) is 25.7 Å². The summed E-state index contributed by atoms with van der Waals surface area (Å²) in [6, 6.07) is 15.0. The average molecular weight is 517 g/mol. The lowest BCUT2D eigenvalue weighted by Gasteiger charge is -2.26. The van der Waals surface area contributed by atoms with Gasteiger partial charge in [-0.05, 0) is 37.3 Å². The fourth-order valence-electron chi connectivity index (χ4n) is 3.91. The Labute approximate surface area is 216 Å². The summed E-state index contributed by atoms with van der Waals surface area (Å²) in [5.41, 5.74) is 3.06. The van der Waals surface area contributed by atoms with Crippen molar-refractivity contribution in [1.29, 1.82) is 0 Å². The van der Waals surface area contributed by atoms with Crippen molar-refractivity contribution >= 4 is 52.7 Å². The molecular formula is C26H21ClN6O4. The van der Waals surface area contributed by atoms with Crippen LogP contribution in [-0.2, 0) is 4.79 Å². The highest BCUT2D eigenvalue weighted by Gasteiger charge is 2.31. The van der Waals surface area contributed by atoms with E-state index in [1.807, 2.05) is 6.07 Å². The lowest BCUT2D eigenvalue weighted by atomic mass is 9.95. The number of benzene rings is 2. The molecule has 37 heavy (non-hydrogen) atoms. The van der Waals surface area contributed by atoms with Gasteiger partial charge in [0.25, 0.3) is 5.91 Å². The van der Waals surface area contributed by atoms with Crippen LogP contribution in [0.3, 0.4) is 0 Å². The Morgan fingerprint density at radius 2 is 2.03 bits per heavy atom. The number of pyridine rings is 1. The number of amides is 1. The number of carbonyl (C=O) groups excluding carboxylic acids is 2. The molecule has 10 nitrogen and oxygen atoms in total. The molecule has 186 valence electrons. The van der Waals surface area contributed by atoms with Gasteiger partial charge in [-0.2, -0.15) is 4.98 Å². The maximum Gasteiger partial charge on any atom is 0.302 e. The van der Waals surface area contributed by atoms with Gasteiger partial charge in [0.05, 0.1) is 12.7 Å². The molecule has 0 fully saturated rings. The number of rotatable bonds is 6. The van der Waals surface area contributed by atoms with Crippen molar-refractivity contribution < 1.29 is 18.7 Å². The minimum absolute atomic E-state index is 0.211. The second-order valence-corrected chi connectivity index (χ2v) is 8.50. The number of allylic oxidation sites excluding steroid dienone is 1. The molecule has 5 rings (SSSR count). The second-order valence-electron chi connectivity index (χ2n) is 8.09. The monoisotopic (exact) mass is 516 g/mol. The topological polar surface area (TPSA) is 131 Å². The molecule has 1 unspecified atom stereocenters. The van der Waals surface area contributed by atoms with E-state index in [0.717, 1.165) is 0 Å². The largest absolute Gasteiger partial charge is 0.497 e. The molecule has 2 aromatic carbocycles. The minimum atomic E-state index is -0.754. The zero-order valence-electron chi connectivity index (χ0n) is 19.8. The standard InChI is InChI=1S/C26H21ClN6O4/c1-14-22(24(35)31-21-11-15(13-34)9-10-28-21)23(17-5-3-4-6-18(17)27)32-25(29-14)33-26-30-19-8-7-16(36-2)12-20(19)37-26/h3-13,23H,1-2H3,(H,28,31,35)(H2,29,30,32,33). The highest BCUT2D eigenvalue weighted by Crippen LogP contribution is 2.35. The highest BCUT2D eigenvalue weighted by molar-refractivity contribution is 6.31. The van der Waals surface area contributed by atoms with Crippen molar-refractivity contribution in [1.82, 2.24) is 15.3 Å². The van der Waals surface area contributed by atoms with Crippen molar-refractivity contribution in [2.75, 3.05) is 17.7 Å². The van der Waals surface area contributed by atoms with Gasteiger partial charge < -0.3 is 19.8 Å². The Kier molecular flexibility index (Phi) is 6.57. The summed E-state index contributed by atoms with van der Waals surface area (Å²) in [4.78, 5) is 37.8. The number of halogens is 1. The predicted octanol–water partition coefficient (Wildman–Crippen LogP) is 4.72. The van der Waals surface area contributed by atoms with Crippen LogP contribution in [0.4, 0.5) is 11.8 Å². The summed E-state index contributed by atoms with van der Waals surface area (Å²) >= 11 is 6.51. The van der Waals surface area contributed by atoms with E-state index in [2.05, 4.69) is 25.9 Å². The first kappa shape index (κ1) is 24.0. The van der Waals surface area contributed by atoms with Crippen molar-refractivity contribution in [3.8, 4) is 5.75 Å². The summed E-state index contributed by atoms with van der Waals surface area (Å²) < 4.78 is 11.0. The number of fused-ring (bicyclic) bond motifs is 1. The van der Waals surface area contributed by atoms with Crippen LogP contribution in [0.2, 0.25) is 5.02 Å².